The Hall–Kier alpha value is -2.20. The third-order valence-corrected chi connectivity index (χ3v) is 5.20. The van der Waals surface area contributed by atoms with Gasteiger partial charge in [0.2, 0.25) is 0 Å². The molecule has 1 aromatic heterocycles. The fraction of sp³-hybridized carbons (Fsp3) is 0.286. The summed E-state index contributed by atoms with van der Waals surface area (Å²) in [5.74, 6) is 0.783. The van der Waals surface area contributed by atoms with Gasteiger partial charge in [-0.25, -0.2) is 4.79 Å². The maximum Gasteiger partial charge on any atom is 0.330 e. The molecular formula is C14H16N3O3P. The van der Waals surface area contributed by atoms with Crippen molar-refractivity contribution in [3.05, 3.63) is 56.0 Å². The minimum absolute atomic E-state index is 0.253. The quantitative estimate of drug-likeness (QED) is 0.908. The molecule has 0 saturated heterocycles. The summed E-state index contributed by atoms with van der Waals surface area (Å²) in [4.78, 5) is 25.6. The SMILES string of the molecule is CC/C=C1/c2cc(OC)ccc2CN1p1[nH]c(=O)[nH]c1=O. The maximum atomic E-state index is 11.9. The number of methoxy groups -OCH3 is 1. The normalized spacial score (nSPS) is 16.4. The van der Waals surface area contributed by atoms with Crippen molar-refractivity contribution in [3.8, 4) is 5.75 Å². The van der Waals surface area contributed by atoms with Crippen LogP contribution in [-0.4, -0.2) is 16.8 Å². The smallest absolute Gasteiger partial charge is 0.330 e. The van der Waals surface area contributed by atoms with Crippen LogP contribution in [0.15, 0.2) is 33.9 Å². The molecule has 0 radical (unpaired) electrons. The number of aromatic amines is 2. The molecule has 0 saturated carbocycles. The molecule has 0 spiro atoms. The molecule has 2 aromatic rings. The Balaban J connectivity index is 2.13. The summed E-state index contributed by atoms with van der Waals surface area (Å²) in [6.07, 6.45) is 2.92. The van der Waals surface area contributed by atoms with Gasteiger partial charge in [-0.1, -0.05) is 19.1 Å². The molecule has 110 valence electrons. The average Bonchev–Trinajstić information content (AvgIpc) is 2.99. The number of benzene rings is 1. The molecule has 2 N–H and O–H groups in total. The minimum Gasteiger partial charge on any atom is -0.497 e. The first-order chi connectivity index (χ1) is 10.1. The molecule has 2 heterocycles. The predicted molar refractivity (Wildman–Crippen MR) is 83.6 cm³/mol. The summed E-state index contributed by atoms with van der Waals surface area (Å²) in [5, 5.41) is -0.253. The van der Waals surface area contributed by atoms with E-state index in [0.29, 0.717) is 6.54 Å². The number of hydrogen-bond acceptors (Lipinski definition) is 4. The second-order valence-corrected chi connectivity index (χ2v) is 6.50. The van der Waals surface area contributed by atoms with Crippen molar-refractivity contribution in [2.45, 2.75) is 19.9 Å². The standard InChI is InChI=1S/C14H16N3O3P/c1-3-4-12-11-7-10(20-2)6-5-9(11)8-17(12)21-14(19)15-13(18)16-21/h4-7H,3,8H2,1-2H3,(H2,15,16,18,19)/b12-4-. The van der Waals surface area contributed by atoms with Crippen molar-refractivity contribution in [3.63, 3.8) is 0 Å². The van der Waals surface area contributed by atoms with E-state index in [9.17, 15) is 9.59 Å². The Morgan fingerprint density at radius 2 is 2.24 bits per heavy atom. The molecule has 0 bridgehead atoms. The second-order valence-electron chi connectivity index (χ2n) is 4.76. The highest BCUT2D eigenvalue weighted by molar-refractivity contribution is 7.46. The summed E-state index contributed by atoms with van der Waals surface area (Å²) in [6, 6.07) is 5.89. The number of aromatic nitrogens is 2. The number of hydrogen-bond donors (Lipinski definition) is 2. The van der Waals surface area contributed by atoms with Crippen molar-refractivity contribution in [2.75, 3.05) is 11.8 Å². The van der Waals surface area contributed by atoms with Crippen LogP contribution in [0.3, 0.4) is 0 Å². The third kappa shape index (κ3) is 2.32. The molecule has 0 aliphatic carbocycles. The molecular weight excluding hydrogens is 289 g/mol. The highest BCUT2D eigenvalue weighted by Gasteiger charge is 2.27. The van der Waals surface area contributed by atoms with Gasteiger partial charge in [0.05, 0.1) is 13.7 Å². The first-order valence-corrected chi connectivity index (χ1v) is 8.00. The van der Waals surface area contributed by atoms with Gasteiger partial charge in [-0.2, -0.15) is 0 Å². The molecule has 1 aromatic carbocycles. The maximum absolute atomic E-state index is 11.9. The number of H-pyrrole nitrogens is 2. The van der Waals surface area contributed by atoms with E-state index in [1.165, 1.54) is 0 Å². The van der Waals surface area contributed by atoms with E-state index in [1.54, 1.807) is 7.11 Å². The van der Waals surface area contributed by atoms with Gasteiger partial charge in [0.25, 0.3) is 0 Å². The fourth-order valence-electron chi connectivity index (χ4n) is 2.53. The number of nitrogens with zero attached hydrogens (tertiary/aromatic N) is 1. The lowest BCUT2D eigenvalue weighted by Gasteiger charge is -2.17. The van der Waals surface area contributed by atoms with Crippen LogP contribution in [0.1, 0.15) is 24.5 Å². The lowest BCUT2D eigenvalue weighted by atomic mass is 10.1. The fourth-order valence-corrected chi connectivity index (χ4v) is 4.12. The second kappa shape index (κ2) is 5.30. The summed E-state index contributed by atoms with van der Waals surface area (Å²) < 4.78 is 9.97. The van der Waals surface area contributed by atoms with Crippen LogP contribution in [0.2, 0.25) is 0 Å². The van der Waals surface area contributed by atoms with Crippen molar-refractivity contribution < 1.29 is 4.74 Å². The zero-order chi connectivity index (χ0) is 15.0. The molecule has 1 aliphatic heterocycles. The Bertz CT molecular complexity index is 815. The summed E-state index contributed by atoms with van der Waals surface area (Å²) in [6.45, 7) is 2.66. The molecule has 6 nitrogen and oxygen atoms in total. The van der Waals surface area contributed by atoms with Crippen LogP contribution in [0.5, 0.6) is 5.75 Å². The Kier molecular flexibility index (Phi) is 3.47. The molecule has 7 heteroatoms. The first kappa shape index (κ1) is 13.8. The largest absolute Gasteiger partial charge is 0.497 e. The van der Waals surface area contributed by atoms with E-state index in [1.807, 2.05) is 29.8 Å². The number of nitrogens with one attached hydrogen (secondary N) is 2. The number of allylic oxidation sites excluding steroid dienone is 1. The van der Waals surface area contributed by atoms with Gasteiger partial charge in [-0.15, -0.1) is 0 Å². The summed E-state index contributed by atoms with van der Waals surface area (Å²) in [5.41, 5.74) is 2.75. The summed E-state index contributed by atoms with van der Waals surface area (Å²) >= 11 is 0. The molecule has 1 atom stereocenters. The molecule has 0 fully saturated rings. The lowest BCUT2D eigenvalue weighted by Crippen LogP contribution is -2.15. The van der Waals surface area contributed by atoms with E-state index < -0.39 is 13.5 Å². The van der Waals surface area contributed by atoms with Gasteiger partial charge < -0.3 is 9.41 Å². The number of rotatable bonds is 3. The molecule has 1 aliphatic rings. The Morgan fingerprint density at radius 3 is 2.86 bits per heavy atom. The average molecular weight is 305 g/mol. The van der Waals surface area contributed by atoms with Gasteiger partial charge in [0.1, 0.15) is 13.6 Å². The first-order valence-electron chi connectivity index (χ1n) is 6.70. The summed E-state index contributed by atoms with van der Waals surface area (Å²) in [7, 11) is 0.248. The van der Waals surface area contributed by atoms with E-state index in [0.717, 1.165) is 29.0 Å². The van der Waals surface area contributed by atoms with Crippen LogP contribution in [0, 0.1) is 0 Å². The van der Waals surface area contributed by atoms with Crippen molar-refractivity contribution in [1.82, 2.24) is 9.73 Å². The predicted octanol–water partition coefficient (Wildman–Crippen LogP) is 1.96. The van der Waals surface area contributed by atoms with E-state index in [2.05, 4.69) is 15.8 Å². The molecule has 0 amide bonds. The Labute approximate surface area is 122 Å². The zero-order valence-electron chi connectivity index (χ0n) is 11.8. The van der Waals surface area contributed by atoms with Crippen molar-refractivity contribution in [1.29, 1.82) is 0 Å². The van der Waals surface area contributed by atoms with Crippen LogP contribution in [0.25, 0.3) is 5.70 Å². The zero-order valence-corrected chi connectivity index (χ0v) is 12.7. The van der Waals surface area contributed by atoms with Crippen LogP contribution >= 0.6 is 7.84 Å². The monoisotopic (exact) mass is 305 g/mol. The van der Waals surface area contributed by atoms with E-state index in [4.69, 9.17) is 4.74 Å². The molecule has 3 rings (SSSR count). The van der Waals surface area contributed by atoms with Crippen LogP contribution in [-0.2, 0) is 6.54 Å². The minimum atomic E-state index is -1.38. The number of ether oxygens (including phenoxy) is 1. The van der Waals surface area contributed by atoms with Gasteiger partial charge in [0.15, 0.2) is 0 Å². The third-order valence-electron chi connectivity index (χ3n) is 3.45. The van der Waals surface area contributed by atoms with Gasteiger partial charge in [-0.3, -0.25) is 14.5 Å². The highest BCUT2D eigenvalue weighted by Crippen LogP contribution is 2.40. The van der Waals surface area contributed by atoms with Crippen molar-refractivity contribution >= 4 is 13.5 Å². The molecule has 21 heavy (non-hydrogen) atoms. The lowest BCUT2D eigenvalue weighted by molar-refractivity contribution is 0.414. The van der Waals surface area contributed by atoms with Crippen LogP contribution in [0.4, 0.5) is 0 Å². The van der Waals surface area contributed by atoms with Crippen LogP contribution < -0.4 is 20.4 Å². The van der Waals surface area contributed by atoms with Gasteiger partial charge in [-0.05, 0) is 24.1 Å². The number of fused-ring (bicyclic) bond motifs is 1. The van der Waals surface area contributed by atoms with Crippen molar-refractivity contribution in [2.24, 2.45) is 0 Å². The van der Waals surface area contributed by atoms with E-state index in [-0.39, 0.29) is 5.29 Å². The van der Waals surface area contributed by atoms with E-state index >= 15 is 0 Å². The highest BCUT2D eigenvalue weighted by atomic mass is 31.1. The molecule has 1 unspecified atom stereocenters. The van der Waals surface area contributed by atoms with Gasteiger partial charge in [0, 0.05) is 11.3 Å². The van der Waals surface area contributed by atoms with Gasteiger partial charge >= 0.3 is 11.0 Å². The Morgan fingerprint density at radius 1 is 1.43 bits per heavy atom. The topological polar surface area (TPSA) is 78.2 Å².